The third-order valence-electron chi connectivity index (χ3n) is 6.82. The molecular weight excluding hydrogens is 414 g/mol. The lowest BCUT2D eigenvalue weighted by Crippen LogP contribution is -2.48. The Morgan fingerprint density at radius 3 is 2.38 bits per heavy atom. The summed E-state index contributed by atoms with van der Waals surface area (Å²) in [5.41, 5.74) is 1.45. The number of hydrogen-bond donors (Lipinski definition) is 0. The number of thiophene rings is 1. The van der Waals surface area contributed by atoms with E-state index in [0.717, 1.165) is 64.3 Å². The molecule has 1 aliphatic rings. The molecule has 170 valence electrons. The summed E-state index contributed by atoms with van der Waals surface area (Å²) < 4.78 is 0. The van der Waals surface area contributed by atoms with Crippen molar-refractivity contribution in [3.8, 4) is 12.1 Å². The van der Waals surface area contributed by atoms with Crippen molar-refractivity contribution < 1.29 is 0 Å². The summed E-state index contributed by atoms with van der Waals surface area (Å²) >= 11 is 1.71. The fourth-order valence-corrected chi connectivity index (χ4v) is 5.57. The molecule has 1 saturated heterocycles. The van der Waals surface area contributed by atoms with Crippen molar-refractivity contribution in [3.63, 3.8) is 0 Å². The molecule has 0 N–H and O–H groups in total. The molecule has 1 unspecified atom stereocenters. The van der Waals surface area contributed by atoms with Crippen LogP contribution in [0.4, 0.5) is 5.69 Å². The van der Waals surface area contributed by atoms with E-state index in [1.165, 1.54) is 4.88 Å². The van der Waals surface area contributed by atoms with E-state index in [2.05, 4.69) is 71.3 Å². The summed E-state index contributed by atoms with van der Waals surface area (Å²) in [6.45, 7) is 11.8. The van der Waals surface area contributed by atoms with Gasteiger partial charge in [-0.05, 0) is 54.9 Å². The lowest BCUT2D eigenvalue weighted by molar-refractivity contribution is 0.131. The molecule has 2 aromatic rings. The summed E-state index contributed by atoms with van der Waals surface area (Å²) in [7, 11) is 2.09. The van der Waals surface area contributed by atoms with Gasteiger partial charge in [0.2, 0.25) is 0 Å². The Morgan fingerprint density at radius 2 is 1.78 bits per heavy atom. The number of nitriles is 2. The van der Waals surface area contributed by atoms with Crippen LogP contribution in [0.2, 0.25) is 0 Å². The highest BCUT2D eigenvalue weighted by Gasteiger charge is 2.36. The van der Waals surface area contributed by atoms with Crippen LogP contribution in [-0.4, -0.2) is 62.7 Å². The van der Waals surface area contributed by atoms with Gasteiger partial charge in [0.25, 0.3) is 0 Å². The Labute approximate surface area is 197 Å². The molecule has 0 saturated carbocycles. The number of rotatable bonds is 10. The van der Waals surface area contributed by atoms with Gasteiger partial charge >= 0.3 is 0 Å². The van der Waals surface area contributed by atoms with Gasteiger partial charge in [-0.15, -0.1) is 11.3 Å². The summed E-state index contributed by atoms with van der Waals surface area (Å²) in [5, 5.41) is 21.2. The predicted molar refractivity (Wildman–Crippen MR) is 133 cm³/mol. The second kappa shape index (κ2) is 11.5. The quantitative estimate of drug-likeness (QED) is 0.532. The summed E-state index contributed by atoms with van der Waals surface area (Å²) in [4.78, 5) is 8.52. The van der Waals surface area contributed by atoms with E-state index in [1.54, 1.807) is 11.3 Å². The Hall–Kier alpha value is -2.38. The molecular formula is C26H35N5S. The van der Waals surface area contributed by atoms with Crippen molar-refractivity contribution in [2.75, 3.05) is 57.8 Å². The summed E-state index contributed by atoms with van der Waals surface area (Å²) in [6.07, 6.45) is 1.98. The van der Waals surface area contributed by atoms with Gasteiger partial charge in [-0.2, -0.15) is 10.5 Å². The van der Waals surface area contributed by atoms with Crippen LogP contribution in [0, 0.1) is 28.6 Å². The smallest absolute Gasteiger partial charge is 0.0992 e. The zero-order chi connectivity index (χ0) is 23.0. The van der Waals surface area contributed by atoms with Gasteiger partial charge in [-0.3, -0.25) is 4.90 Å². The molecule has 1 aliphatic heterocycles. The number of piperazine rings is 1. The first kappa shape index (κ1) is 24.3. The van der Waals surface area contributed by atoms with E-state index in [0.29, 0.717) is 11.5 Å². The average Bonchev–Trinajstić information content (AvgIpc) is 3.36. The van der Waals surface area contributed by atoms with Gasteiger partial charge < -0.3 is 9.80 Å². The molecule has 1 aromatic heterocycles. The van der Waals surface area contributed by atoms with Crippen LogP contribution < -0.4 is 4.90 Å². The Bertz CT molecular complexity index is 918. The highest BCUT2D eigenvalue weighted by atomic mass is 32.1. The Kier molecular flexibility index (Phi) is 8.70. The highest BCUT2D eigenvalue weighted by Crippen LogP contribution is 2.39. The van der Waals surface area contributed by atoms with Gasteiger partial charge in [0.05, 0.1) is 23.1 Å². The van der Waals surface area contributed by atoms with Crippen molar-refractivity contribution in [1.29, 1.82) is 10.5 Å². The number of benzene rings is 1. The van der Waals surface area contributed by atoms with Crippen molar-refractivity contribution in [1.82, 2.24) is 9.80 Å². The van der Waals surface area contributed by atoms with Crippen molar-refractivity contribution in [2.24, 2.45) is 5.92 Å². The largest absolute Gasteiger partial charge is 0.373 e. The molecule has 1 fully saturated rings. The maximum absolute atomic E-state index is 10.0. The second-order valence-corrected chi connectivity index (χ2v) is 10.0. The number of nitrogens with zero attached hydrogens (tertiary/aromatic N) is 5. The minimum absolute atomic E-state index is 0.314. The van der Waals surface area contributed by atoms with E-state index in [9.17, 15) is 5.26 Å². The van der Waals surface area contributed by atoms with Crippen LogP contribution in [0.15, 0.2) is 41.8 Å². The molecule has 0 radical (unpaired) electrons. The Balaban J connectivity index is 1.41. The van der Waals surface area contributed by atoms with Gasteiger partial charge in [0, 0.05) is 56.9 Å². The van der Waals surface area contributed by atoms with Gasteiger partial charge in [-0.1, -0.05) is 26.0 Å². The van der Waals surface area contributed by atoms with Crippen molar-refractivity contribution in [3.05, 3.63) is 52.2 Å². The highest BCUT2D eigenvalue weighted by molar-refractivity contribution is 7.10. The third kappa shape index (κ3) is 5.90. The number of likely N-dealkylation sites (N-methyl/N-ethyl adjacent to an activating group) is 1. The monoisotopic (exact) mass is 449 g/mol. The number of anilines is 1. The molecule has 6 heteroatoms. The molecule has 0 aliphatic carbocycles. The first-order valence-electron chi connectivity index (χ1n) is 11.6. The third-order valence-corrected chi connectivity index (χ3v) is 7.87. The van der Waals surface area contributed by atoms with Crippen molar-refractivity contribution in [2.45, 2.75) is 32.1 Å². The minimum atomic E-state index is -0.358. The minimum Gasteiger partial charge on any atom is -0.373 e. The Morgan fingerprint density at radius 1 is 1.06 bits per heavy atom. The lowest BCUT2D eigenvalue weighted by Gasteiger charge is -2.36. The van der Waals surface area contributed by atoms with Gasteiger partial charge in [-0.25, -0.2) is 0 Å². The molecule has 0 bridgehead atoms. The molecule has 0 amide bonds. The van der Waals surface area contributed by atoms with Crippen LogP contribution in [0.1, 0.15) is 37.1 Å². The first-order chi connectivity index (χ1) is 15.5. The van der Waals surface area contributed by atoms with Gasteiger partial charge in [0.1, 0.15) is 0 Å². The zero-order valence-electron chi connectivity index (χ0n) is 19.6. The summed E-state index contributed by atoms with van der Waals surface area (Å²) in [6, 6.07) is 16.9. The molecule has 1 aromatic carbocycles. The van der Waals surface area contributed by atoms with Crippen LogP contribution in [0.3, 0.4) is 0 Å². The standard InChI is InChI=1S/C26H35N5S/c1-22(2)26(21-28,25-9-5-18-32-25)10-6-11-30-14-16-31(17-15-30)13-12-29(3)24-8-4-7-23(19-24)20-27/h4-5,7-9,18-19,22H,6,10-17H2,1-3H3. The zero-order valence-corrected chi connectivity index (χ0v) is 20.4. The van der Waals surface area contributed by atoms with Crippen LogP contribution in [-0.2, 0) is 5.41 Å². The van der Waals surface area contributed by atoms with Crippen molar-refractivity contribution >= 4 is 17.0 Å². The molecule has 1 atom stereocenters. The lowest BCUT2D eigenvalue weighted by atomic mass is 9.73. The van der Waals surface area contributed by atoms with Crippen LogP contribution >= 0.6 is 11.3 Å². The first-order valence-corrected chi connectivity index (χ1v) is 12.5. The maximum atomic E-state index is 10.0. The molecule has 2 heterocycles. The maximum Gasteiger partial charge on any atom is 0.0992 e. The van der Waals surface area contributed by atoms with E-state index in [4.69, 9.17) is 5.26 Å². The van der Waals surface area contributed by atoms with E-state index in [-0.39, 0.29) is 5.41 Å². The number of hydrogen-bond acceptors (Lipinski definition) is 6. The molecule has 5 nitrogen and oxygen atoms in total. The normalized spacial score (nSPS) is 16.9. The van der Waals surface area contributed by atoms with E-state index < -0.39 is 0 Å². The van der Waals surface area contributed by atoms with Gasteiger partial charge in [0.15, 0.2) is 0 Å². The van der Waals surface area contributed by atoms with Crippen LogP contribution in [0.25, 0.3) is 0 Å². The van der Waals surface area contributed by atoms with E-state index in [1.807, 2.05) is 18.2 Å². The predicted octanol–water partition coefficient (Wildman–Crippen LogP) is 4.57. The fraction of sp³-hybridized carbons (Fsp3) is 0.538. The average molecular weight is 450 g/mol. The molecule has 3 rings (SSSR count). The topological polar surface area (TPSA) is 57.3 Å². The van der Waals surface area contributed by atoms with E-state index >= 15 is 0 Å². The fourth-order valence-electron chi connectivity index (χ4n) is 4.52. The molecule has 0 spiro atoms. The summed E-state index contributed by atoms with van der Waals surface area (Å²) in [5.74, 6) is 0.314. The van der Waals surface area contributed by atoms with Crippen LogP contribution in [0.5, 0.6) is 0 Å². The SMILES string of the molecule is CC(C)C(C#N)(CCCN1CCN(CCN(C)c2cccc(C#N)c2)CC1)c1cccs1. The molecule has 32 heavy (non-hydrogen) atoms. The second-order valence-electron chi connectivity index (χ2n) is 9.09.